The molecule has 3 aromatic rings. The molecule has 0 spiro atoms. The van der Waals surface area contributed by atoms with Gasteiger partial charge in [0.25, 0.3) is 11.8 Å². The first-order valence-electron chi connectivity index (χ1n) is 9.67. The van der Waals surface area contributed by atoms with Crippen LogP contribution in [-0.4, -0.2) is 31.5 Å². The summed E-state index contributed by atoms with van der Waals surface area (Å²) in [6.45, 7) is 3.84. The van der Waals surface area contributed by atoms with Gasteiger partial charge in [-0.1, -0.05) is 18.2 Å². The molecule has 0 bridgehead atoms. The van der Waals surface area contributed by atoms with E-state index in [1.165, 1.54) is 25.3 Å². The molecule has 0 aliphatic rings. The molecule has 0 atom stereocenters. The number of amides is 2. The van der Waals surface area contributed by atoms with Crippen LogP contribution in [0.3, 0.4) is 0 Å². The monoisotopic (exact) mass is 456 g/mol. The average molecular weight is 456 g/mol. The first-order valence-corrected chi connectivity index (χ1v) is 10.5. The van der Waals surface area contributed by atoms with Gasteiger partial charge in [0, 0.05) is 5.56 Å². The second-order valence-corrected chi connectivity index (χ2v) is 7.62. The molecule has 0 saturated carbocycles. The number of carbonyl (C=O) groups excluding carboxylic acids is 3. The van der Waals surface area contributed by atoms with Crippen LogP contribution in [0, 0.1) is 12.7 Å². The van der Waals surface area contributed by atoms with E-state index in [0.29, 0.717) is 23.6 Å². The Kier molecular flexibility index (Phi) is 7.21. The molecule has 2 N–H and O–H groups in total. The molecule has 1 heterocycles. The Morgan fingerprint density at radius 2 is 1.78 bits per heavy atom. The second kappa shape index (κ2) is 10.1. The summed E-state index contributed by atoms with van der Waals surface area (Å²) in [4.78, 5) is 38.2. The lowest BCUT2D eigenvalue weighted by Gasteiger charge is -2.11. The van der Waals surface area contributed by atoms with Crippen molar-refractivity contribution in [1.29, 1.82) is 0 Å². The normalized spacial score (nSPS) is 10.4. The molecular weight excluding hydrogens is 435 g/mol. The summed E-state index contributed by atoms with van der Waals surface area (Å²) in [5, 5.41) is 5.49. The molecule has 7 nitrogen and oxygen atoms in total. The van der Waals surface area contributed by atoms with E-state index in [1.54, 1.807) is 31.2 Å². The van der Waals surface area contributed by atoms with Gasteiger partial charge >= 0.3 is 5.97 Å². The minimum absolute atomic E-state index is 0.0606. The number of para-hydroxylation sites is 2. The fourth-order valence-electron chi connectivity index (χ4n) is 3.00. The third-order valence-corrected chi connectivity index (χ3v) is 5.70. The van der Waals surface area contributed by atoms with Gasteiger partial charge < -0.3 is 20.1 Å². The minimum atomic E-state index is -0.706. The molecule has 3 rings (SSSR count). The van der Waals surface area contributed by atoms with Crippen molar-refractivity contribution in [2.24, 2.45) is 0 Å². The zero-order valence-corrected chi connectivity index (χ0v) is 18.5. The summed E-state index contributed by atoms with van der Waals surface area (Å²) < 4.78 is 23.8. The Bertz CT molecular complexity index is 1170. The third kappa shape index (κ3) is 4.94. The van der Waals surface area contributed by atoms with Crippen LogP contribution in [0.4, 0.5) is 15.1 Å². The van der Waals surface area contributed by atoms with Crippen LogP contribution < -0.4 is 15.4 Å². The number of hydrogen-bond donors (Lipinski definition) is 2. The SMILES string of the molecule is CCOc1ccccc1NC(=O)c1sc(NC(=O)c2cccc(F)c2)c(C(=O)OC)c1C. The third-order valence-electron chi connectivity index (χ3n) is 4.49. The van der Waals surface area contributed by atoms with E-state index in [0.717, 1.165) is 17.4 Å². The number of benzene rings is 2. The Morgan fingerprint density at radius 3 is 2.47 bits per heavy atom. The largest absolute Gasteiger partial charge is 0.492 e. The second-order valence-electron chi connectivity index (χ2n) is 6.60. The molecule has 0 aliphatic heterocycles. The van der Waals surface area contributed by atoms with Gasteiger partial charge in [-0.3, -0.25) is 9.59 Å². The number of halogens is 1. The lowest BCUT2D eigenvalue weighted by Crippen LogP contribution is -2.14. The van der Waals surface area contributed by atoms with E-state index in [2.05, 4.69) is 10.6 Å². The molecule has 166 valence electrons. The van der Waals surface area contributed by atoms with Gasteiger partial charge in [-0.2, -0.15) is 0 Å². The molecule has 9 heteroatoms. The van der Waals surface area contributed by atoms with Gasteiger partial charge in [0.1, 0.15) is 16.6 Å². The van der Waals surface area contributed by atoms with Crippen LogP contribution in [0.25, 0.3) is 0 Å². The Labute approximate surface area is 188 Å². The number of hydrogen-bond acceptors (Lipinski definition) is 6. The molecule has 0 fully saturated rings. The summed E-state index contributed by atoms with van der Waals surface area (Å²) in [5.41, 5.74) is 0.953. The lowest BCUT2D eigenvalue weighted by atomic mass is 10.1. The molecule has 1 aromatic heterocycles. The van der Waals surface area contributed by atoms with Crippen molar-refractivity contribution < 1.29 is 28.2 Å². The zero-order valence-electron chi connectivity index (χ0n) is 17.7. The smallest absolute Gasteiger partial charge is 0.341 e. The van der Waals surface area contributed by atoms with Crippen LogP contribution in [0.2, 0.25) is 0 Å². The van der Waals surface area contributed by atoms with E-state index in [1.807, 2.05) is 6.92 Å². The van der Waals surface area contributed by atoms with E-state index in [4.69, 9.17) is 9.47 Å². The molecule has 0 radical (unpaired) electrons. The van der Waals surface area contributed by atoms with Crippen molar-refractivity contribution in [3.8, 4) is 5.75 Å². The van der Waals surface area contributed by atoms with Gasteiger partial charge in [-0.25, -0.2) is 9.18 Å². The first-order chi connectivity index (χ1) is 15.3. The van der Waals surface area contributed by atoms with E-state index in [9.17, 15) is 18.8 Å². The zero-order chi connectivity index (χ0) is 23.3. The standard InChI is InChI=1S/C23H21FN2O5S/c1-4-31-17-11-6-5-10-16(17)25-21(28)19-13(2)18(23(29)30-3)22(32-19)26-20(27)14-8-7-9-15(24)12-14/h5-12H,4H2,1-3H3,(H,25,28)(H,26,27). The Hall–Kier alpha value is -3.72. The number of anilines is 2. The van der Waals surface area contributed by atoms with Gasteiger partial charge in [0.05, 0.1) is 29.8 Å². The maximum Gasteiger partial charge on any atom is 0.341 e. The fraction of sp³-hybridized carbons (Fsp3) is 0.174. The highest BCUT2D eigenvalue weighted by atomic mass is 32.1. The quantitative estimate of drug-likeness (QED) is 0.494. The van der Waals surface area contributed by atoms with Crippen molar-refractivity contribution in [1.82, 2.24) is 0 Å². The number of thiophene rings is 1. The van der Waals surface area contributed by atoms with Crippen LogP contribution in [0.1, 0.15) is 42.9 Å². The van der Waals surface area contributed by atoms with Crippen molar-refractivity contribution in [2.45, 2.75) is 13.8 Å². The Morgan fingerprint density at radius 1 is 1.03 bits per heavy atom. The Balaban J connectivity index is 1.94. The fourth-order valence-corrected chi connectivity index (χ4v) is 4.09. The average Bonchev–Trinajstić information content (AvgIpc) is 3.10. The van der Waals surface area contributed by atoms with Gasteiger partial charge in [0.2, 0.25) is 0 Å². The van der Waals surface area contributed by atoms with Crippen LogP contribution >= 0.6 is 11.3 Å². The number of esters is 1. The lowest BCUT2D eigenvalue weighted by molar-refractivity contribution is 0.0601. The summed E-state index contributed by atoms with van der Waals surface area (Å²) in [7, 11) is 1.20. The molecular formula is C23H21FN2O5S. The molecule has 32 heavy (non-hydrogen) atoms. The van der Waals surface area contributed by atoms with Crippen molar-refractivity contribution >= 4 is 39.8 Å². The van der Waals surface area contributed by atoms with E-state index >= 15 is 0 Å². The molecule has 2 amide bonds. The number of rotatable bonds is 7. The number of methoxy groups -OCH3 is 1. The molecule has 2 aromatic carbocycles. The van der Waals surface area contributed by atoms with E-state index in [-0.39, 0.29) is 21.0 Å². The highest BCUT2D eigenvalue weighted by Crippen LogP contribution is 2.35. The number of nitrogens with one attached hydrogen (secondary N) is 2. The predicted octanol–water partition coefficient (Wildman–Crippen LogP) is 4.89. The molecule has 0 saturated heterocycles. The summed E-state index contributed by atoms with van der Waals surface area (Å²) in [5.74, 6) is -1.87. The molecule has 0 unspecified atom stereocenters. The number of carbonyl (C=O) groups is 3. The van der Waals surface area contributed by atoms with Crippen molar-refractivity contribution in [2.75, 3.05) is 24.4 Å². The van der Waals surface area contributed by atoms with Crippen molar-refractivity contribution in [3.05, 3.63) is 75.9 Å². The minimum Gasteiger partial charge on any atom is -0.492 e. The maximum atomic E-state index is 13.5. The highest BCUT2D eigenvalue weighted by molar-refractivity contribution is 7.19. The summed E-state index contributed by atoms with van der Waals surface area (Å²) >= 11 is 0.924. The molecule has 0 aliphatic carbocycles. The maximum absolute atomic E-state index is 13.5. The van der Waals surface area contributed by atoms with Gasteiger partial charge in [-0.05, 0) is 49.7 Å². The number of ether oxygens (including phenoxy) is 2. The van der Waals surface area contributed by atoms with Crippen molar-refractivity contribution in [3.63, 3.8) is 0 Å². The van der Waals surface area contributed by atoms with Crippen LogP contribution in [0.15, 0.2) is 48.5 Å². The van der Waals surface area contributed by atoms with Gasteiger partial charge in [0.15, 0.2) is 0 Å². The van der Waals surface area contributed by atoms with Gasteiger partial charge in [-0.15, -0.1) is 11.3 Å². The predicted molar refractivity (Wildman–Crippen MR) is 120 cm³/mol. The van der Waals surface area contributed by atoms with E-state index < -0.39 is 23.6 Å². The topological polar surface area (TPSA) is 93.7 Å². The van der Waals surface area contributed by atoms with Crippen LogP contribution in [0.5, 0.6) is 5.75 Å². The summed E-state index contributed by atoms with van der Waals surface area (Å²) in [6.07, 6.45) is 0. The highest BCUT2D eigenvalue weighted by Gasteiger charge is 2.27. The summed E-state index contributed by atoms with van der Waals surface area (Å²) in [6, 6.07) is 12.1. The van der Waals surface area contributed by atoms with Crippen LogP contribution in [-0.2, 0) is 4.74 Å². The first kappa shape index (κ1) is 23.0.